The van der Waals surface area contributed by atoms with Crippen LogP contribution in [0.1, 0.15) is 34.3 Å². The van der Waals surface area contributed by atoms with Crippen molar-refractivity contribution in [1.29, 1.82) is 0 Å². The Morgan fingerprint density at radius 3 is 2.50 bits per heavy atom. The fourth-order valence-electron chi connectivity index (χ4n) is 2.75. The Labute approximate surface area is 175 Å². The number of anilines is 1. The number of ether oxygens (including phenoxy) is 1. The molecular weight excluding hydrogens is 382 g/mol. The fraction of sp³-hybridized carbons (Fsp3) is 0.261. The molecule has 7 heteroatoms. The first kappa shape index (κ1) is 21.1. The number of benzene rings is 2. The van der Waals surface area contributed by atoms with Gasteiger partial charge in [-0.25, -0.2) is 0 Å². The van der Waals surface area contributed by atoms with Gasteiger partial charge in [-0.3, -0.25) is 14.4 Å². The maximum absolute atomic E-state index is 12.1. The highest BCUT2D eigenvalue weighted by Gasteiger charge is 2.23. The van der Waals surface area contributed by atoms with Crippen LogP contribution in [0.25, 0.3) is 6.08 Å². The van der Waals surface area contributed by atoms with E-state index in [1.807, 2.05) is 13.0 Å². The number of rotatable bonds is 8. The van der Waals surface area contributed by atoms with Crippen LogP contribution in [-0.4, -0.2) is 37.4 Å². The minimum absolute atomic E-state index is 0.0815. The number of amides is 3. The minimum atomic E-state index is -0.392. The van der Waals surface area contributed by atoms with E-state index in [1.165, 1.54) is 13.2 Å². The van der Waals surface area contributed by atoms with Crippen LogP contribution in [0.2, 0.25) is 0 Å². The summed E-state index contributed by atoms with van der Waals surface area (Å²) in [6.07, 6.45) is 5.05. The summed E-state index contributed by atoms with van der Waals surface area (Å²) >= 11 is 0. The van der Waals surface area contributed by atoms with Crippen molar-refractivity contribution in [1.82, 2.24) is 10.6 Å². The molecule has 3 amide bonds. The molecule has 156 valence electrons. The number of hydrogen-bond acceptors (Lipinski definition) is 4. The molecule has 30 heavy (non-hydrogen) atoms. The third-order valence-electron chi connectivity index (χ3n) is 4.56. The average Bonchev–Trinajstić information content (AvgIpc) is 3.55. The molecule has 0 unspecified atom stereocenters. The van der Waals surface area contributed by atoms with E-state index < -0.39 is 5.91 Å². The quantitative estimate of drug-likeness (QED) is 0.586. The second-order valence-electron chi connectivity index (χ2n) is 7.17. The van der Waals surface area contributed by atoms with Gasteiger partial charge < -0.3 is 20.7 Å². The van der Waals surface area contributed by atoms with Crippen LogP contribution >= 0.6 is 0 Å². The summed E-state index contributed by atoms with van der Waals surface area (Å²) in [6.45, 7) is 1.74. The smallest absolute Gasteiger partial charge is 0.251 e. The van der Waals surface area contributed by atoms with Crippen molar-refractivity contribution < 1.29 is 19.1 Å². The van der Waals surface area contributed by atoms with Crippen LogP contribution in [0.4, 0.5) is 5.69 Å². The molecule has 1 aliphatic rings. The van der Waals surface area contributed by atoms with Crippen molar-refractivity contribution in [2.24, 2.45) is 0 Å². The summed E-state index contributed by atoms with van der Waals surface area (Å²) < 4.78 is 5.22. The van der Waals surface area contributed by atoms with Gasteiger partial charge in [0.05, 0.1) is 19.3 Å². The molecule has 2 aromatic rings. The topological polar surface area (TPSA) is 96.5 Å². The molecular formula is C23H25N3O4. The molecule has 0 aliphatic heterocycles. The molecule has 3 N–H and O–H groups in total. The maximum Gasteiger partial charge on any atom is 0.251 e. The lowest BCUT2D eigenvalue weighted by Gasteiger charge is -2.11. The molecule has 0 heterocycles. The number of nitrogens with one attached hydrogen (secondary N) is 3. The lowest BCUT2D eigenvalue weighted by Crippen LogP contribution is -2.31. The average molecular weight is 407 g/mol. The predicted molar refractivity (Wildman–Crippen MR) is 115 cm³/mol. The Morgan fingerprint density at radius 2 is 1.83 bits per heavy atom. The van der Waals surface area contributed by atoms with E-state index in [4.69, 9.17) is 4.74 Å². The van der Waals surface area contributed by atoms with Crippen molar-refractivity contribution >= 4 is 29.5 Å². The minimum Gasteiger partial charge on any atom is -0.495 e. The van der Waals surface area contributed by atoms with Gasteiger partial charge in [-0.2, -0.15) is 0 Å². The lowest BCUT2D eigenvalue weighted by atomic mass is 10.1. The Bertz CT molecular complexity index is 963. The highest BCUT2D eigenvalue weighted by Crippen LogP contribution is 2.25. The SMILES string of the molecule is COc1ccc(C)cc1NC(=O)CNC(=O)/C=C/c1ccc(C(=O)NC2CC2)cc1. The van der Waals surface area contributed by atoms with Crippen molar-refractivity contribution in [3.05, 3.63) is 65.2 Å². The molecule has 0 aromatic heterocycles. The molecule has 1 saturated carbocycles. The van der Waals surface area contributed by atoms with Gasteiger partial charge in [0.2, 0.25) is 11.8 Å². The Hall–Kier alpha value is -3.61. The molecule has 0 bridgehead atoms. The van der Waals surface area contributed by atoms with Gasteiger partial charge in [0.15, 0.2) is 0 Å². The third kappa shape index (κ3) is 6.20. The Morgan fingerprint density at radius 1 is 1.10 bits per heavy atom. The highest BCUT2D eigenvalue weighted by molar-refractivity contribution is 5.99. The molecule has 0 saturated heterocycles. The van der Waals surface area contributed by atoms with Gasteiger partial charge >= 0.3 is 0 Å². The highest BCUT2D eigenvalue weighted by atomic mass is 16.5. The van der Waals surface area contributed by atoms with Crippen LogP contribution in [0.15, 0.2) is 48.5 Å². The second kappa shape index (κ2) is 9.73. The van der Waals surface area contributed by atoms with Gasteiger partial charge in [0.25, 0.3) is 5.91 Å². The number of aryl methyl sites for hydroxylation is 1. The molecule has 1 fully saturated rings. The van der Waals surface area contributed by atoms with Crippen LogP contribution in [0.5, 0.6) is 5.75 Å². The first-order valence-corrected chi connectivity index (χ1v) is 9.76. The maximum atomic E-state index is 12.1. The summed E-state index contributed by atoms with van der Waals surface area (Å²) in [7, 11) is 1.53. The summed E-state index contributed by atoms with van der Waals surface area (Å²) in [4.78, 5) is 36.1. The predicted octanol–water partition coefficient (Wildman–Crippen LogP) is 2.66. The molecule has 1 aliphatic carbocycles. The number of methoxy groups -OCH3 is 1. The zero-order valence-corrected chi connectivity index (χ0v) is 17.0. The third-order valence-corrected chi connectivity index (χ3v) is 4.56. The molecule has 3 rings (SSSR count). The van der Waals surface area contributed by atoms with Gasteiger partial charge in [0.1, 0.15) is 5.75 Å². The van der Waals surface area contributed by atoms with Crippen LogP contribution in [-0.2, 0) is 9.59 Å². The lowest BCUT2D eigenvalue weighted by molar-refractivity contribution is -0.121. The zero-order chi connectivity index (χ0) is 21.5. The first-order chi connectivity index (χ1) is 14.4. The summed E-state index contributed by atoms with van der Waals surface area (Å²) in [6, 6.07) is 12.7. The van der Waals surface area contributed by atoms with Crippen LogP contribution < -0.4 is 20.7 Å². The number of carbonyl (C=O) groups is 3. The molecule has 2 aromatic carbocycles. The summed E-state index contributed by atoms with van der Waals surface area (Å²) in [5.74, 6) is -0.278. The van der Waals surface area contributed by atoms with Crippen molar-refractivity contribution in [2.45, 2.75) is 25.8 Å². The van der Waals surface area contributed by atoms with Gasteiger partial charge in [-0.15, -0.1) is 0 Å². The fourth-order valence-corrected chi connectivity index (χ4v) is 2.75. The molecule has 0 spiro atoms. The summed E-state index contributed by atoms with van der Waals surface area (Å²) in [5.41, 5.74) is 2.90. The largest absolute Gasteiger partial charge is 0.495 e. The Kier molecular flexibility index (Phi) is 6.85. The van der Waals surface area contributed by atoms with Gasteiger partial charge in [-0.05, 0) is 61.2 Å². The number of carbonyl (C=O) groups excluding carboxylic acids is 3. The first-order valence-electron chi connectivity index (χ1n) is 9.76. The van der Waals surface area contributed by atoms with E-state index in [-0.39, 0.29) is 18.4 Å². The monoisotopic (exact) mass is 407 g/mol. The van der Waals surface area contributed by atoms with E-state index >= 15 is 0 Å². The molecule has 0 radical (unpaired) electrons. The molecule has 0 atom stereocenters. The van der Waals surface area contributed by atoms with E-state index in [9.17, 15) is 14.4 Å². The number of hydrogen-bond donors (Lipinski definition) is 3. The van der Waals surface area contributed by atoms with E-state index in [0.717, 1.165) is 24.0 Å². The summed E-state index contributed by atoms with van der Waals surface area (Å²) in [5, 5.41) is 8.19. The van der Waals surface area contributed by atoms with Gasteiger partial charge in [-0.1, -0.05) is 18.2 Å². The van der Waals surface area contributed by atoms with Crippen LogP contribution in [0.3, 0.4) is 0 Å². The van der Waals surface area contributed by atoms with E-state index in [0.29, 0.717) is 23.0 Å². The second-order valence-corrected chi connectivity index (χ2v) is 7.17. The normalized spacial score (nSPS) is 13.0. The van der Waals surface area contributed by atoms with Crippen molar-refractivity contribution in [2.75, 3.05) is 19.0 Å². The van der Waals surface area contributed by atoms with Crippen molar-refractivity contribution in [3.8, 4) is 5.75 Å². The Balaban J connectivity index is 1.47. The molecule has 7 nitrogen and oxygen atoms in total. The van der Waals surface area contributed by atoms with E-state index in [1.54, 1.807) is 42.5 Å². The van der Waals surface area contributed by atoms with Crippen LogP contribution in [0, 0.1) is 6.92 Å². The standard InChI is InChI=1S/C23H25N3O4/c1-15-3-11-20(30-2)19(13-15)26-22(28)14-24-21(27)12-6-16-4-7-17(8-5-16)23(29)25-18-9-10-18/h3-8,11-13,18H,9-10,14H2,1-2H3,(H,24,27)(H,25,29)(H,26,28)/b12-6+. The van der Waals surface area contributed by atoms with Crippen molar-refractivity contribution in [3.63, 3.8) is 0 Å². The van der Waals surface area contributed by atoms with E-state index in [2.05, 4.69) is 16.0 Å². The zero-order valence-electron chi connectivity index (χ0n) is 17.0. The van der Waals surface area contributed by atoms with Gasteiger partial charge in [0, 0.05) is 17.7 Å².